The number of esters is 1. The van der Waals surface area contributed by atoms with Gasteiger partial charge in [0, 0.05) is 0 Å². The van der Waals surface area contributed by atoms with Crippen molar-refractivity contribution in [2.75, 3.05) is 6.61 Å². The van der Waals surface area contributed by atoms with Gasteiger partial charge in [0.15, 0.2) is 5.92 Å². The summed E-state index contributed by atoms with van der Waals surface area (Å²) in [7, 11) is 0. The highest BCUT2D eigenvalue weighted by Crippen LogP contribution is 2.10. The first-order valence-electron chi connectivity index (χ1n) is 4.25. The molecule has 0 N–H and O–H groups in total. The van der Waals surface area contributed by atoms with E-state index in [-0.39, 0.29) is 6.61 Å². The molecule has 0 bridgehead atoms. The standard InChI is InChI=1S/C9H9NO5/c1-2-15-9(14)5-3-4-6(8(12)13)10-7(5)11/h3-5H,2H2,1H3,(H,12,13)/p-1. The van der Waals surface area contributed by atoms with Crippen LogP contribution in [0.3, 0.4) is 0 Å². The number of carboxylic acids is 1. The van der Waals surface area contributed by atoms with Crippen molar-refractivity contribution in [1.29, 1.82) is 0 Å². The second-order valence-electron chi connectivity index (χ2n) is 2.71. The average molecular weight is 210 g/mol. The molecule has 1 amide bonds. The van der Waals surface area contributed by atoms with Gasteiger partial charge in [0.1, 0.15) is 0 Å². The average Bonchev–Trinajstić information content (AvgIpc) is 2.17. The third-order valence-corrected chi connectivity index (χ3v) is 1.69. The van der Waals surface area contributed by atoms with E-state index in [1.54, 1.807) is 6.92 Å². The summed E-state index contributed by atoms with van der Waals surface area (Å²) in [6.07, 6.45) is 2.19. The van der Waals surface area contributed by atoms with Gasteiger partial charge in [0.2, 0.25) is 0 Å². The second kappa shape index (κ2) is 4.50. The van der Waals surface area contributed by atoms with Gasteiger partial charge in [-0.2, -0.15) is 0 Å². The first-order chi connectivity index (χ1) is 7.06. The molecule has 1 heterocycles. The van der Waals surface area contributed by atoms with Crippen LogP contribution in [0.1, 0.15) is 6.92 Å². The lowest BCUT2D eigenvalue weighted by Crippen LogP contribution is -2.35. The smallest absolute Gasteiger partial charge is 0.322 e. The maximum absolute atomic E-state index is 11.2. The summed E-state index contributed by atoms with van der Waals surface area (Å²) in [5.41, 5.74) is -0.486. The van der Waals surface area contributed by atoms with Crippen molar-refractivity contribution >= 4 is 23.6 Å². The van der Waals surface area contributed by atoms with Crippen LogP contribution in [0.4, 0.5) is 0 Å². The van der Waals surface area contributed by atoms with Crippen molar-refractivity contribution in [3.8, 4) is 0 Å². The number of carboxylic acid groups (broad SMARTS) is 1. The number of aliphatic carboxylic acids is 1. The summed E-state index contributed by atoms with van der Waals surface area (Å²) in [6.45, 7) is 1.75. The number of hydrogen-bond donors (Lipinski definition) is 0. The number of nitrogens with zero attached hydrogens (tertiary/aromatic N) is 1. The van der Waals surface area contributed by atoms with E-state index in [0.717, 1.165) is 12.2 Å². The molecule has 0 aromatic rings. The van der Waals surface area contributed by atoms with Crippen LogP contribution in [0.5, 0.6) is 0 Å². The van der Waals surface area contributed by atoms with E-state index < -0.39 is 29.5 Å². The molecule has 15 heavy (non-hydrogen) atoms. The predicted molar refractivity (Wildman–Crippen MR) is 46.7 cm³/mol. The van der Waals surface area contributed by atoms with E-state index in [1.165, 1.54) is 0 Å². The molecule has 1 rings (SSSR count). The van der Waals surface area contributed by atoms with Crippen molar-refractivity contribution in [1.82, 2.24) is 0 Å². The molecular weight excluding hydrogens is 202 g/mol. The number of carbonyl (C=O) groups is 3. The fourth-order valence-electron chi connectivity index (χ4n) is 1.02. The monoisotopic (exact) mass is 210 g/mol. The van der Waals surface area contributed by atoms with Gasteiger partial charge in [-0.1, -0.05) is 6.08 Å². The number of carbonyl (C=O) groups excluding carboxylic acids is 3. The molecule has 0 saturated heterocycles. The van der Waals surface area contributed by atoms with Crippen LogP contribution in [0.15, 0.2) is 17.1 Å². The van der Waals surface area contributed by atoms with Gasteiger partial charge < -0.3 is 14.6 Å². The second-order valence-corrected chi connectivity index (χ2v) is 2.71. The predicted octanol–water partition coefficient (Wildman–Crippen LogP) is -1.55. The van der Waals surface area contributed by atoms with Crippen molar-refractivity contribution in [3.63, 3.8) is 0 Å². The molecule has 80 valence electrons. The molecule has 0 aromatic heterocycles. The Labute approximate surface area is 85.3 Å². The van der Waals surface area contributed by atoms with E-state index in [0.29, 0.717) is 0 Å². The molecule has 0 saturated carbocycles. The molecule has 1 atom stereocenters. The Balaban J connectivity index is 2.78. The Bertz CT molecular complexity index is 369. The molecule has 6 heteroatoms. The first kappa shape index (κ1) is 11.1. The number of aliphatic imine (C=N–C) groups is 1. The van der Waals surface area contributed by atoms with Gasteiger partial charge in [0.05, 0.1) is 18.3 Å². The molecule has 0 aromatic carbocycles. The lowest BCUT2D eigenvalue weighted by atomic mass is 10.1. The summed E-state index contributed by atoms with van der Waals surface area (Å²) in [6, 6.07) is 0. The van der Waals surface area contributed by atoms with Gasteiger partial charge in [0.25, 0.3) is 5.91 Å². The first-order valence-corrected chi connectivity index (χ1v) is 4.25. The number of dihydropyridines is 1. The summed E-state index contributed by atoms with van der Waals surface area (Å²) < 4.78 is 4.60. The quantitative estimate of drug-likeness (QED) is 0.415. The number of amides is 1. The lowest BCUT2D eigenvalue weighted by Gasteiger charge is -2.13. The fraction of sp³-hybridized carbons (Fsp3) is 0.333. The fourth-order valence-corrected chi connectivity index (χ4v) is 1.02. The third kappa shape index (κ3) is 2.49. The molecule has 1 aliphatic heterocycles. The van der Waals surface area contributed by atoms with Crippen LogP contribution in [0, 0.1) is 5.92 Å². The zero-order chi connectivity index (χ0) is 11.4. The van der Waals surface area contributed by atoms with E-state index in [9.17, 15) is 19.5 Å². The van der Waals surface area contributed by atoms with Crippen LogP contribution in [-0.4, -0.2) is 30.2 Å². The Morgan fingerprint density at radius 3 is 2.73 bits per heavy atom. The van der Waals surface area contributed by atoms with Crippen LogP contribution < -0.4 is 5.11 Å². The van der Waals surface area contributed by atoms with Gasteiger partial charge in [-0.15, -0.1) is 0 Å². The van der Waals surface area contributed by atoms with Crippen molar-refractivity contribution in [2.24, 2.45) is 10.9 Å². The Hall–Kier alpha value is -1.98. The van der Waals surface area contributed by atoms with Crippen LogP contribution >= 0.6 is 0 Å². The minimum Gasteiger partial charge on any atom is -0.543 e. The minimum atomic E-state index is -1.55. The Morgan fingerprint density at radius 1 is 1.60 bits per heavy atom. The van der Waals surface area contributed by atoms with Crippen LogP contribution in [-0.2, 0) is 19.1 Å². The number of ether oxygens (including phenoxy) is 1. The Morgan fingerprint density at radius 2 is 2.27 bits per heavy atom. The molecular formula is C9H8NO5-. The normalized spacial score (nSPS) is 19.7. The number of rotatable bonds is 3. The summed E-state index contributed by atoms with van der Waals surface area (Å²) in [5.74, 6) is -4.29. The highest BCUT2D eigenvalue weighted by atomic mass is 16.5. The zero-order valence-corrected chi connectivity index (χ0v) is 7.93. The van der Waals surface area contributed by atoms with Gasteiger partial charge in [-0.25, -0.2) is 4.99 Å². The molecule has 0 radical (unpaired) electrons. The molecule has 0 spiro atoms. The third-order valence-electron chi connectivity index (χ3n) is 1.69. The molecule has 1 unspecified atom stereocenters. The molecule has 0 fully saturated rings. The van der Waals surface area contributed by atoms with Crippen LogP contribution in [0.25, 0.3) is 0 Å². The molecule has 6 nitrogen and oxygen atoms in total. The van der Waals surface area contributed by atoms with E-state index >= 15 is 0 Å². The lowest BCUT2D eigenvalue weighted by molar-refractivity contribution is -0.294. The topological polar surface area (TPSA) is 95.9 Å². The SMILES string of the molecule is CCOC(=O)C1C=CC(C(=O)[O-])=NC1=O. The van der Waals surface area contributed by atoms with Gasteiger partial charge >= 0.3 is 5.97 Å². The van der Waals surface area contributed by atoms with Gasteiger partial charge in [-0.3, -0.25) is 9.59 Å². The molecule has 1 aliphatic rings. The van der Waals surface area contributed by atoms with Crippen LogP contribution in [0.2, 0.25) is 0 Å². The van der Waals surface area contributed by atoms with E-state index in [4.69, 9.17) is 0 Å². The highest BCUT2D eigenvalue weighted by Gasteiger charge is 2.27. The highest BCUT2D eigenvalue weighted by molar-refractivity contribution is 6.42. The molecule has 0 aliphatic carbocycles. The van der Waals surface area contributed by atoms with Crippen molar-refractivity contribution < 1.29 is 24.2 Å². The Kier molecular flexibility index (Phi) is 3.33. The maximum Gasteiger partial charge on any atom is 0.322 e. The van der Waals surface area contributed by atoms with Crippen molar-refractivity contribution in [2.45, 2.75) is 6.92 Å². The van der Waals surface area contributed by atoms with E-state index in [1.807, 2.05) is 0 Å². The minimum absolute atomic E-state index is 0.146. The summed E-state index contributed by atoms with van der Waals surface area (Å²) >= 11 is 0. The van der Waals surface area contributed by atoms with Gasteiger partial charge in [-0.05, 0) is 13.0 Å². The van der Waals surface area contributed by atoms with E-state index in [2.05, 4.69) is 9.73 Å². The zero-order valence-electron chi connectivity index (χ0n) is 7.93. The number of hydrogen-bond acceptors (Lipinski definition) is 5. The maximum atomic E-state index is 11.2. The summed E-state index contributed by atoms with van der Waals surface area (Å²) in [4.78, 5) is 35.9. The largest absolute Gasteiger partial charge is 0.543 e. The van der Waals surface area contributed by atoms with Crippen molar-refractivity contribution in [3.05, 3.63) is 12.2 Å². The summed E-state index contributed by atoms with van der Waals surface area (Å²) in [5, 5.41) is 10.3.